The van der Waals surface area contributed by atoms with E-state index in [-0.39, 0.29) is 11.4 Å². The first-order valence-electron chi connectivity index (χ1n) is 7.44. The van der Waals surface area contributed by atoms with Crippen molar-refractivity contribution < 1.29 is 14.6 Å². The third kappa shape index (κ3) is 2.22. The molecular weight excluding hydrogens is 342 g/mol. The molecule has 0 atom stereocenters. The lowest BCUT2D eigenvalue weighted by atomic mass is 9.98. The van der Waals surface area contributed by atoms with Gasteiger partial charge in [0.25, 0.3) is 0 Å². The molecule has 0 aliphatic rings. The number of esters is 1. The molecule has 2 aromatic heterocycles. The first kappa shape index (κ1) is 15.4. The summed E-state index contributed by atoms with van der Waals surface area (Å²) in [5.41, 5.74) is 2.05. The van der Waals surface area contributed by atoms with Crippen molar-refractivity contribution >= 4 is 34.0 Å². The first-order valence-corrected chi connectivity index (χ1v) is 7.82. The Bertz CT molecular complexity index is 1120. The number of aromatic nitrogens is 3. The Balaban J connectivity index is 2.24. The molecular formula is C18H12ClN3O3. The molecule has 0 saturated heterocycles. The van der Waals surface area contributed by atoms with Gasteiger partial charge in [0.15, 0.2) is 17.1 Å². The average molecular weight is 354 g/mol. The van der Waals surface area contributed by atoms with E-state index in [0.717, 1.165) is 11.1 Å². The van der Waals surface area contributed by atoms with Crippen LogP contribution in [0.5, 0.6) is 5.75 Å². The standard InChI is InChI=1S/C18H12ClN3O3/c1-25-18(24)15-16(23)14-12(19)8-7-11(10-5-3-2-4-6-10)13(14)17-20-9-21-22(15)17/h2-9,23H,1H3. The highest BCUT2D eigenvalue weighted by Gasteiger charge is 2.25. The second-order valence-corrected chi connectivity index (χ2v) is 5.80. The Morgan fingerprint density at radius 3 is 2.64 bits per heavy atom. The molecule has 4 aromatic rings. The van der Waals surface area contributed by atoms with Gasteiger partial charge in [0, 0.05) is 10.8 Å². The van der Waals surface area contributed by atoms with Gasteiger partial charge in [-0.15, -0.1) is 0 Å². The molecule has 0 unspecified atom stereocenters. The van der Waals surface area contributed by atoms with Crippen LogP contribution in [0.15, 0.2) is 48.8 Å². The molecule has 0 amide bonds. The molecule has 0 fully saturated rings. The number of carbonyl (C=O) groups excluding carboxylic acids is 1. The molecule has 0 radical (unpaired) electrons. The van der Waals surface area contributed by atoms with Crippen LogP contribution in [0.2, 0.25) is 5.02 Å². The van der Waals surface area contributed by atoms with E-state index in [2.05, 4.69) is 10.1 Å². The average Bonchev–Trinajstić information content (AvgIpc) is 3.11. The lowest BCUT2D eigenvalue weighted by molar-refractivity contribution is 0.0587. The lowest BCUT2D eigenvalue weighted by Crippen LogP contribution is -2.10. The van der Waals surface area contributed by atoms with Gasteiger partial charge in [0.1, 0.15) is 6.33 Å². The van der Waals surface area contributed by atoms with Crippen molar-refractivity contribution in [2.75, 3.05) is 7.11 Å². The maximum Gasteiger partial charge on any atom is 0.360 e. The molecule has 0 aliphatic heterocycles. The van der Waals surface area contributed by atoms with Crippen LogP contribution in [-0.2, 0) is 4.74 Å². The predicted octanol–water partition coefficient (Wildman–Crippen LogP) is 3.70. The smallest absolute Gasteiger partial charge is 0.360 e. The van der Waals surface area contributed by atoms with E-state index in [9.17, 15) is 9.90 Å². The number of nitrogens with zero attached hydrogens (tertiary/aromatic N) is 3. The van der Waals surface area contributed by atoms with E-state index in [1.165, 1.54) is 18.0 Å². The van der Waals surface area contributed by atoms with Crippen LogP contribution in [0.1, 0.15) is 10.5 Å². The monoisotopic (exact) mass is 353 g/mol. The minimum atomic E-state index is -0.726. The minimum Gasteiger partial charge on any atom is -0.505 e. The zero-order chi connectivity index (χ0) is 17.6. The van der Waals surface area contributed by atoms with Gasteiger partial charge in [-0.2, -0.15) is 5.10 Å². The largest absolute Gasteiger partial charge is 0.505 e. The number of fused-ring (bicyclic) bond motifs is 3. The number of methoxy groups -OCH3 is 1. The number of pyridine rings is 1. The number of aromatic hydroxyl groups is 1. The third-order valence-corrected chi connectivity index (χ3v) is 4.38. The number of halogens is 1. The normalized spacial score (nSPS) is 11.1. The number of ether oxygens (including phenoxy) is 1. The first-order chi connectivity index (χ1) is 12.1. The van der Waals surface area contributed by atoms with Gasteiger partial charge in [0.05, 0.1) is 12.1 Å². The van der Waals surface area contributed by atoms with Gasteiger partial charge in [-0.1, -0.05) is 48.0 Å². The van der Waals surface area contributed by atoms with Crippen molar-refractivity contribution in [3.63, 3.8) is 0 Å². The minimum absolute atomic E-state index is 0.116. The van der Waals surface area contributed by atoms with E-state index in [1.807, 2.05) is 36.4 Å². The molecule has 2 heterocycles. The molecule has 0 spiro atoms. The summed E-state index contributed by atoms with van der Waals surface area (Å²) in [5.74, 6) is -1.02. The zero-order valence-electron chi connectivity index (χ0n) is 13.1. The molecule has 0 aliphatic carbocycles. The molecule has 7 heteroatoms. The van der Waals surface area contributed by atoms with Crippen LogP contribution in [0.4, 0.5) is 0 Å². The zero-order valence-corrected chi connectivity index (χ0v) is 13.9. The Morgan fingerprint density at radius 1 is 1.16 bits per heavy atom. The lowest BCUT2D eigenvalue weighted by Gasteiger charge is -2.14. The predicted molar refractivity (Wildman–Crippen MR) is 93.9 cm³/mol. The molecule has 124 valence electrons. The maximum absolute atomic E-state index is 12.1. The summed E-state index contributed by atoms with van der Waals surface area (Å²) >= 11 is 6.34. The number of hydrogen-bond donors (Lipinski definition) is 1. The highest BCUT2D eigenvalue weighted by Crippen LogP contribution is 2.41. The molecule has 0 saturated carbocycles. The SMILES string of the molecule is COC(=O)c1c(O)c2c(Cl)ccc(-c3ccccc3)c2c2ncnn12. The van der Waals surface area contributed by atoms with Crippen molar-refractivity contribution in [3.05, 3.63) is 59.5 Å². The molecule has 0 bridgehead atoms. The Labute approximate surface area is 147 Å². The summed E-state index contributed by atoms with van der Waals surface area (Å²) in [5, 5.41) is 16.1. The number of carbonyl (C=O) groups is 1. The van der Waals surface area contributed by atoms with E-state index >= 15 is 0 Å². The van der Waals surface area contributed by atoms with Gasteiger partial charge < -0.3 is 9.84 Å². The highest BCUT2D eigenvalue weighted by atomic mass is 35.5. The topological polar surface area (TPSA) is 76.7 Å². The van der Waals surface area contributed by atoms with Gasteiger partial charge in [0.2, 0.25) is 0 Å². The summed E-state index contributed by atoms with van der Waals surface area (Å²) in [7, 11) is 1.23. The quantitative estimate of drug-likeness (QED) is 0.556. The summed E-state index contributed by atoms with van der Waals surface area (Å²) in [6.45, 7) is 0. The van der Waals surface area contributed by atoms with Crippen molar-refractivity contribution in [1.82, 2.24) is 14.6 Å². The van der Waals surface area contributed by atoms with E-state index in [0.29, 0.717) is 21.4 Å². The van der Waals surface area contributed by atoms with Crippen LogP contribution >= 0.6 is 11.6 Å². The Kier molecular flexibility index (Phi) is 3.54. The van der Waals surface area contributed by atoms with Gasteiger partial charge in [-0.25, -0.2) is 14.3 Å². The van der Waals surface area contributed by atoms with Crippen LogP contribution < -0.4 is 0 Å². The molecule has 25 heavy (non-hydrogen) atoms. The van der Waals surface area contributed by atoms with Crippen LogP contribution in [0.25, 0.3) is 27.5 Å². The summed E-state index contributed by atoms with van der Waals surface area (Å²) in [6.07, 6.45) is 1.32. The van der Waals surface area contributed by atoms with Crippen molar-refractivity contribution in [2.45, 2.75) is 0 Å². The Morgan fingerprint density at radius 2 is 1.92 bits per heavy atom. The van der Waals surface area contributed by atoms with Crippen molar-refractivity contribution in [3.8, 4) is 16.9 Å². The molecule has 4 rings (SSSR count). The second kappa shape index (κ2) is 5.75. The van der Waals surface area contributed by atoms with Gasteiger partial charge in [-0.05, 0) is 17.2 Å². The van der Waals surface area contributed by atoms with Crippen LogP contribution in [0.3, 0.4) is 0 Å². The maximum atomic E-state index is 12.1. The summed E-state index contributed by atoms with van der Waals surface area (Å²) in [6, 6.07) is 13.2. The van der Waals surface area contributed by atoms with E-state index in [4.69, 9.17) is 16.3 Å². The summed E-state index contributed by atoms with van der Waals surface area (Å²) < 4.78 is 6.04. The van der Waals surface area contributed by atoms with Crippen LogP contribution in [-0.4, -0.2) is 32.8 Å². The van der Waals surface area contributed by atoms with E-state index in [1.54, 1.807) is 6.07 Å². The van der Waals surface area contributed by atoms with Gasteiger partial charge >= 0.3 is 5.97 Å². The second-order valence-electron chi connectivity index (χ2n) is 5.40. The van der Waals surface area contributed by atoms with E-state index < -0.39 is 5.97 Å². The fourth-order valence-corrected chi connectivity index (χ4v) is 3.22. The third-order valence-electron chi connectivity index (χ3n) is 4.06. The van der Waals surface area contributed by atoms with Crippen molar-refractivity contribution in [2.24, 2.45) is 0 Å². The molecule has 6 nitrogen and oxygen atoms in total. The number of rotatable bonds is 2. The number of benzene rings is 2. The molecule has 1 N–H and O–H groups in total. The van der Waals surface area contributed by atoms with Gasteiger partial charge in [-0.3, -0.25) is 0 Å². The fraction of sp³-hybridized carbons (Fsp3) is 0.0556. The van der Waals surface area contributed by atoms with Crippen molar-refractivity contribution in [1.29, 1.82) is 0 Å². The van der Waals surface area contributed by atoms with Crippen LogP contribution in [0, 0.1) is 0 Å². The highest BCUT2D eigenvalue weighted by molar-refractivity contribution is 6.37. The number of hydrogen-bond acceptors (Lipinski definition) is 5. The fourth-order valence-electron chi connectivity index (χ4n) is 2.97. The summed E-state index contributed by atoms with van der Waals surface area (Å²) in [4.78, 5) is 16.4. The Hall–Kier alpha value is -3.12. The molecule has 2 aromatic carbocycles.